The number of hydrogen-bond donors (Lipinski definition) is 0. The molecule has 0 amide bonds. The zero-order chi connectivity index (χ0) is 15.7. The van der Waals surface area contributed by atoms with Crippen LogP contribution in [0.2, 0.25) is 0 Å². The van der Waals surface area contributed by atoms with E-state index in [1.165, 1.54) is 0 Å². The van der Waals surface area contributed by atoms with Crippen molar-refractivity contribution in [3.05, 3.63) is 0 Å². The van der Waals surface area contributed by atoms with E-state index in [1.54, 1.807) is 0 Å². The molecule has 124 valence electrons. The highest BCUT2D eigenvalue weighted by molar-refractivity contribution is 5.00. The normalized spacial score (nSPS) is 43.2. The lowest BCUT2D eigenvalue weighted by Crippen LogP contribution is -2.61. The van der Waals surface area contributed by atoms with Crippen LogP contribution in [0.1, 0.15) is 40.0 Å². The molecule has 3 heterocycles. The van der Waals surface area contributed by atoms with E-state index in [0.717, 1.165) is 6.42 Å². The van der Waals surface area contributed by atoms with E-state index in [2.05, 4.69) is 6.07 Å². The second-order valence-electron chi connectivity index (χ2n) is 6.59. The molecule has 0 bridgehead atoms. The van der Waals surface area contributed by atoms with Crippen LogP contribution in [0.4, 0.5) is 0 Å². The Kier molecular flexibility index (Phi) is 4.72. The maximum absolute atomic E-state index is 8.86. The fraction of sp³-hybridized carbons (Fsp3) is 0.938. The standard InChI is InChI=1S/C16H25NO5/c1-4-18-13-8-10-11(6-5-7-17)20-12-9-19-16(2,3)22-15(12)14(10)21-13/h10-15H,4-6,8-9H2,1-3H3/t10-,11-,12-,13?,14-,15-/m1/s1. The molecule has 6 heteroatoms. The third kappa shape index (κ3) is 3.15. The maximum Gasteiger partial charge on any atom is 0.163 e. The molecule has 0 aromatic heterocycles. The molecule has 0 aliphatic carbocycles. The van der Waals surface area contributed by atoms with Gasteiger partial charge in [-0.15, -0.1) is 0 Å². The first-order valence-corrected chi connectivity index (χ1v) is 8.15. The van der Waals surface area contributed by atoms with Crippen molar-refractivity contribution in [1.82, 2.24) is 0 Å². The maximum atomic E-state index is 8.86. The van der Waals surface area contributed by atoms with Gasteiger partial charge in [0.2, 0.25) is 0 Å². The molecular formula is C16H25NO5. The smallest absolute Gasteiger partial charge is 0.163 e. The van der Waals surface area contributed by atoms with E-state index in [4.69, 9.17) is 28.9 Å². The minimum absolute atomic E-state index is 0.00442. The van der Waals surface area contributed by atoms with E-state index in [1.807, 2.05) is 20.8 Å². The van der Waals surface area contributed by atoms with Gasteiger partial charge < -0.3 is 23.7 Å². The van der Waals surface area contributed by atoms with Gasteiger partial charge in [-0.25, -0.2) is 0 Å². The Balaban J connectivity index is 1.76. The molecule has 0 spiro atoms. The molecule has 0 aromatic carbocycles. The number of hydrogen-bond acceptors (Lipinski definition) is 6. The average molecular weight is 311 g/mol. The van der Waals surface area contributed by atoms with Crippen LogP contribution in [0.25, 0.3) is 0 Å². The second kappa shape index (κ2) is 6.42. The number of ether oxygens (including phenoxy) is 5. The highest BCUT2D eigenvalue weighted by Crippen LogP contribution is 2.44. The van der Waals surface area contributed by atoms with Gasteiger partial charge in [-0.3, -0.25) is 0 Å². The lowest BCUT2D eigenvalue weighted by Gasteiger charge is -2.49. The van der Waals surface area contributed by atoms with Crippen molar-refractivity contribution in [3.8, 4) is 6.07 Å². The van der Waals surface area contributed by atoms with Crippen LogP contribution in [0.5, 0.6) is 0 Å². The predicted molar refractivity (Wildman–Crippen MR) is 76.8 cm³/mol. The Hall–Kier alpha value is -0.710. The van der Waals surface area contributed by atoms with E-state index >= 15 is 0 Å². The molecule has 1 unspecified atom stereocenters. The zero-order valence-corrected chi connectivity index (χ0v) is 13.5. The van der Waals surface area contributed by atoms with E-state index in [9.17, 15) is 0 Å². The summed E-state index contributed by atoms with van der Waals surface area (Å²) < 4.78 is 29.7. The molecule has 0 N–H and O–H groups in total. The highest BCUT2D eigenvalue weighted by atomic mass is 16.7. The molecule has 3 aliphatic rings. The zero-order valence-electron chi connectivity index (χ0n) is 13.5. The van der Waals surface area contributed by atoms with Crippen molar-refractivity contribution in [2.45, 2.75) is 76.5 Å². The van der Waals surface area contributed by atoms with Gasteiger partial charge in [-0.1, -0.05) is 0 Å². The van der Waals surface area contributed by atoms with Gasteiger partial charge in [0.05, 0.1) is 24.9 Å². The van der Waals surface area contributed by atoms with Crippen molar-refractivity contribution in [2.75, 3.05) is 13.2 Å². The summed E-state index contributed by atoms with van der Waals surface area (Å²) in [5.74, 6) is -0.415. The van der Waals surface area contributed by atoms with E-state index in [-0.39, 0.29) is 36.6 Å². The molecule has 6 atom stereocenters. The highest BCUT2D eigenvalue weighted by Gasteiger charge is 2.55. The largest absolute Gasteiger partial charge is 0.369 e. The van der Waals surface area contributed by atoms with Crippen molar-refractivity contribution < 1.29 is 23.7 Å². The summed E-state index contributed by atoms with van der Waals surface area (Å²) in [6, 6.07) is 2.20. The minimum atomic E-state index is -0.623. The number of nitrogens with zero attached hydrogens (tertiary/aromatic N) is 1. The van der Waals surface area contributed by atoms with E-state index < -0.39 is 5.79 Å². The molecule has 6 nitrogen and oxygen atoms in total. The lowest BCUT2D eigenvalue weighted by molar-refractivity contribution is -0.353. The summed E-state index contributed by atoms with van der Waals surface area (Å²) in [5, 5.41) is 8.86. The summed E-state index contributed by atoms with van der Waals surface area (Å²) in [6.07, 6.45) is 1.46. The van der Waals surface area contributed by atoms with Crippen molar-refractivity contribution in [3.63, 3.8) is 0 Å². The van der Waals surface area contributed by atoms with Gasteiger partial charge in [-0.2, -0.15) is 5.26 Å². The average Bonchev–Trinajstić information content (AvgIpc) is 2.89. The van der Waals surface area contributed by atoms with Crippen molar-refractivity contribution in [2.24, 2.45) is 5.92 Å². The molecule has 0 saturated carbocycles. The number of rotatable bonds is 4. The molecular weight excluding hydrogens is 286 g/mol. The topological polar surface area (TPSA) is 69.9 Å². The molecule has 3 fully saturated rings. The van der Waals surface area contributed by atoms with Crippen LogP contribution in [-0.4, -0.2) is 49.7 Å². The van der Waals surface area contributed by atoms with Crippen molar-refractivity contribution in [1.29, 1.82) is 5.26 Å². The van der Waals surface area contributed by atoms with Gasteiger partial charge in [0, 0.05) is 25.4 Å². The van der Waals surface area contributed by atoms with Gasteiger partial charge in [-0.05, 0) is 27.2 Å². The lowest BCUT2D eigenvalue weighted by atomic mass is 9.84. The third-order valence-electron chi connectivity index (χ3n) is 4.62. The number of fused-ring (bicyclic) bond motifs is 3. The first-order chi connectivity index (χ1) is 10.5. The Bertz CT molecular complexity index is 435. The van der Waals surface area contributed by atoms with Crippen LogP contribution in [0.15, 0.2) is 0 Å². The van der Waals surface area contributed by atoms with Crippen LogP contribution in [-0.2, 0) is 23.7 Å². The fourth-order valence-electron chi connectivity index (χ4n) is 3.69. The predicted octanol–water partition coefficient (Wildman–Crippen LogP) is 1.98. The first-order valence-electron chi connectivity index (χ1n) is 8.15. The molecule has 0 aromatic rings. The second-order valence-corrected chi connectivity index (χ2v) is 6.59. The summed E-state index contributed by atoms with van der Waals surface area (Å²) >= 11 is 0. The van der Waals surface area contributed by atoms with Crippen LogP contribution in [0.3, 0.4) is 0 Å². The summed E-state index contributed by atoms with van der Waals surface area (Å²) in [4.78, 5) is 0. The summed E-state index contributed by atoms with van der Waals surface area (Å²) in [7, 11) is 0. The summed E-state index contributed by atoms with van der Waals surface area (Å²) in [5.41, 5.74) is 0. The molecule has 3 rings (SSSR count). The SMILES string of the molecule is CCOC1C[C@H]2[C@@H](O1)[C@@H]1OC(C)(C)OC[C@H]1O[C@@H]2CCC#N. The van der Waals surface area contributed by atoms with Crippen LogP contribution < -0.4 is 0 Å². The quantitative estimate of drug-likeness (QED) is 0.790. The van der Waals surface area contributed by atoms with Crippen LogP contribution in [0, 0.1) is 17.2 Å². The molecule has 0 radical (unpaired) electrons. The third-order valence-corrected chi connectivity index (χ3v) is 4.62. The Morgan fingerprint density at radius 1 is 1.27 bits per heavy atom. The monoisotopic (exact) mass is 311 g/mol. The van der Waals surface area contributed by atoms with Crippen LogP contribution >= 0.6 is 0 Å². The van der Waals surface area contributed by atoms with Gasteiger partial charge in [0.15, 0.2) is 12.1 Å². The van der Waals surface area contributed by atoms with Gasteiger partial charge in [0.1, 0.15) is 12.2 Å². The molecule has 3 aliphatic heterocycles. The van der Waals surface area contributed by atoms with Crippen molar-refractivity contribution >= 4 is 0 Å². The van der Waals surface area contributed by atoms with Gasteiger partial charge >= 0.3 is 0 Å². The Morgan fingerprint density at radius 3 is 2.82 bits per heavy atom. The number of nitriles is 1. The fourth-order valence-corrected chi connectivity index (χ4v) is 3.69. The Labute approximate surface area is 131 Å². The summed E-state index contributed by atoms with van der Waals surface area (Å²) in [6.45, 7) is 6.90. The first kappa shape index (κ1) is 16.2. The van der Waals surface area contributed by atoms with Gasteiger partial charge in [0.25, 0.3) is 0 Å². The van der Waals surface area contributed by atoms with E-state index in [0.29, 0.717) is 26.1 Å². The molecule has 22 heavy (non-hydrogen) atoms. The Morgan fingerprint density at radius 2 is 2.09 bits per heavy atom. The molecule has 3 saturated heterocycles. The minimum Gasteiger partial charge on any atom is -0.369 e.